The van der Waals surface area contributed by atoms with Crippen LogP contribution in [-0.2, 0) is 29.2 Å². The van der Waals surface area contributed by atoms with Gasteiger partial charge in [0.15, 0.2) is 0 Å². The van der Waals surface area contributed by atoms with Gasteiger partial charge in [-0.2, -0.15) is 13.2 Å². The van der Waals surface area contributed by atoms with E-state index in [-0.39, 0.29) is 36.1 Å². The molecule has 4 nitrogen and oxygen atoms in total. The molecule has 0 aliphatic heterocycles. The van der Waals surface area contributed by atoms with Crippen LogP contribution in [0.1, 0.15) is 27.8 Å². The van der Waals surface area contributed by atoms with Crippen molar-refractivity contribution in [3.63, 3.8) is 0 Å². The first-order valence-corrected chi connectivity index (χ1v) is 13.2. The Bertz CT molecular complexity index is 1520. The summed E-state index contributed by atoms with van der Waals surface area (Å²) in [5.41, 5.74) is -1.21. The molecule has 238 valence electrons. The largest absolute Gasteiger partial charge is 0.573 e. The highest BCUT2D eigenvalue weighted by atomic mass is 19.4. The van der Waals surface area contributed by atoms with Crippen molar-refractivity contribution < 1.29 is 53.8 Å². The molecule has 0 heterocycles. The van der Waals surface area contributed by atoms with E-state index in [1.165, 1.54) is 24.3 Å². The van der Waals surface area contributed by atoms with E-state index in [2.05, 4.69) is 14.8 Å². The fourth-order valence-corrected chi connectivity index (χ4v) is 4.87. The van der Waals surface area contributed by atoms with Gasteiger partial charge >= 0.3 is 18.9 Å². The zero-order chi connectivity index (χ0) is 32.9. The fraction of sp³-hybridized carbons (Fsp3) is 0.219. The molecule has 0 radical (unpaired) electrons. The quantitative estimate of drug-likeness (QED) is 0.177. The van der Waals surface area contributed by atoms with Gasteiger partial charge in [0, 0.05) is 12.0 Å². The lowest BCUT2D eigenvalue weighted by molar-refractivity contribution is -0.275. The van der Waals surface area contributed by atoms with Crippen LogP contribution in [0.25, 0.3) is 0 Å². The SMILES string of the molecule is O=C(Cc1ccc(C(F)(F)F)cc1)NCC(Cc1ccccc1)(c1cccc(OC(F)(F)F)c1)c1cccc(OC(F)(F)F)c1. The molecule has 45 heavy (non-hydrogen) atoms. The van der Waals surface area contributed by atoms with Crippen molar-refractivity contribution >= 4 is 5.91 Å². The molecule has 0 aliphatic carbocycles. The van der Waals surface area contributed by atoms with E-state index in [9.17, 15) is 44.3 Å². The number of hydrogen-bond acceptors (Lipinski definition) is 3. The van der Waals surface area contributed by atoms with Crippen molar-refractivity contribution in [1.29, 1.82) is 0 Å². The van der Waals surface area contributed by atoms with E-state index in [1.54, 1.807) is 30.3 Å². The summed E-state index contributed by atoms with van der Waals surface area (Å²) >= 11 is 0. The predicted octanol–water partition coefficient (Wildman–Crippen LogP) is 8.39. The highest BCUT2D eigenvalue weighted by Gasteiger charge is 2.38. The molecule has 0 fully saturated rings. The normalized spacial score (nSPS) is 12.5. The number of hydrogen-bond donors (Lipinski definition) is 1. The van der Waals surface area contributed by atoms with Crippen molar-refractivity contribution in [2.45, 2.75) is 37.2 Å². The Balaban J connectivity index is 1.78. The van der Waals surface area contributed by atoms with Gasteiger partial charge in [0.25, 0.3) is 0 Å². The highest BCUT2D eigenvalue weighted by Crippen LogP contribution is 2.40. The summed E-state index contributed by atoms with van der Waals surface area (Å²) in [6.45, 7) is -0.341. The summed E-state index contributed by atoms with van der Waals surface area (Å²) in [5, 5.41) is 2.68. The number of nitrogens with one attached hydrogen (secondary N) is 1. The third-order valence-corrected chi connectivity index (χ3v) is 6.82. The number of benzene rings is 4. The smallest absolute Gasteiger partial charge is 0.406 e. The Morgan fingerprint density at radius 3 is 1.56 bits per heavy atom. The summed E-state index contributed by atoms with van der Waals surface area (Å²) in [7, 11) is 0. The van der Waals surface area contributed by atoms with Crippen LogP contribution in [0.5, 0.6) is 11.5 Å². The van der Waals surface area contributed by atoms with Crippen LogP contribution in [0.3, 0.4) is 0 Å². The Morgan fingerprint density at radius 1 is 0.578 bits per heavy atom. The maximum Gasteiger partial charge on any atom is 0.573 e. The number of carbonyl (C=O) groups excluding carboxylic acids is 1. The van der Waals surface area contributed by atoms with E-state index >= 15 is 0 Å². The molecule has 0 saturated heterocycles. The summed E-state index contributed by atoms with van der Waals surface area (Å²) in [4.78, 5) is 13.1. The molecular weight excluding hydrogens is 617 g/mol. The van der Waals surface area contributed by atoms with Crippen LogP contribution < -0.4 is 14.8 Å². The summed E-state index contributed by atoms with van der Waals surface area (Å²) in [6, 6.07) is 22.1. The van der Waals surface area contributed by atoms with Crippen LogP contribution in [0.2, 0.25) is 0 Å². The Labute approximate surface area is 251 Å². The van der Waals surface area contributed by atoms with Crippen molar-refractivity contribution in [2.24, 2.45) is 0 Å². The number of rotatable bonds is 10. The monoisotopic (exact) mass is 641 g/mol. The standard InChI is InChI=1S/C32H24F9NO3/c33-30(34,35)23-14-12-21(13-15-23)16-28(43)42-20-29(19-22-6-2-1-3-7-22,24-8-4-10-26(17-24)44-31(36,37)38)25-9-5-11-27(18-25)45-32(39,40)41/h1-15,17-18H,16,19-20H2,(H,42,43). The number of alkyl halides is 9. The Morgan fingerprint density at radius 2 is 1.09 bits per heavy atom. The van der Waals surface area contributed by atoms with Crippen LogP contribution >= 0.6 is 0 Å². The van der Waals surface area contributed by atoms with Gasteiger partial charge in [0.1, 0.15) is 11.5 Å². The van der Waals surface area contributed by atoms with Gasteiger partial charge in [0.05, 0.1) is 12.0 Å². The van der Waals surface area contributed by atoms with E-state index in [1.807, 2.05) is 0 Å². The van der Waals surface area contributed by atoms with Gasteiger partial charge in [0.2, 0.25) is 5.91 Å². The predicted molar refractivity (Wildman–Crippen MR) is 145 cm³/mol. The number of ether oxygens (including phenoxy) is 2. The number of amides is 1. The van der Waals surface area contributed by atoms with Crippen LogP contribution in [0.15, 0.2) is 103 Å². The zero-order valence-electron chi connectivity index (χ0n) is 23.1. The van der Waals surface area contributed by atoms with Crippen molar-refractivity contribution in [3.8, 4) is 11.5 Å². The first-order valence-electron chi connectivity index (χ1n) is 13.2. The van der Waals surface area contributed by atoms with Gasteiger partial charge in [-0.25, -0.2) is 0 Å². The topological polar surface area (TPSA) is 47.6 Å². The molecule has 0 spiro atoms. The first kappa shape index (κ1) is 33.2. The first-order chi connectivity index (χ1) is 21.0. The van der Waals surface area contributed by atoms with E-state index in [0.717, 1.165) is 48.5 Å². The molecule has 0 unspecified atom stereocenters. The second kappa shape index (κ2) is 13.1. The summed E-state index contributed by atoms with van der Waals surface area (Å²) in [5.74, 6) is -1.86. The van der Waals surface area contributed by atoms with E-state index in [4.69, 9.17) is 0 Å². The van der Waals surface area contributed by atoms with Gasteiger partial charge in [-0.1, -0.05) is 66.7 Å². The molecule has 0 aliphatic rings. The van der Waals surface area contributed by atoms with Gasteiger partial charge in [-0.05, 0) is 65.1 Å². The lowest BCUT2D eigenvalue weighted by atomic mass is 9.70. The minimum Gasteiger partial charge on any atom is -0.406 e. The molecule has 0 aromatic heterocycles. The molecule has 4 rings (SSSR count). The molecule has 1 amide bonds. The molecule has 0 saturated carbocycles. The van der Waals surface area contributed by atoms with Crippen LogP contribution in [0.4, 0.5) is 39.5 Å². The minimum atomic E-state index is -5.04. The molecule has 0 atom stereocenters. The maximum atomic E-state index is 13.1. The second-order valence-corrected chi connectivity index (χ2v) is 10.0. The van der Waals surface area contributed by atoms with Crippen molar-refractivity contribution in [2.75, 3.05) is 6.54 Å². The third-order valence-electron chi connectivity index (χ3n) is 6.82. The summed E-state index contributed by atoms with van der Waals surface area (Å²) < 4.78 is 126. The average molecular weight is 642 g/mol. The lowest BCUT2D eigenvalue weighted by Gasteiger charge is -2.36. The number of halogens is 9. The van der Waals surface area contributed by atoms with E-state index < -0.39 is 47.3 Å². The molecule has 4 aromatic carbocycles. The zero-order valence-corrected chi connectivity index (χ0v) is 23.1. The van der Waals surface area contributed by atoms with Crippen molar-refractivity contribution in [3.05, 3.63) is 131 Å². The van der Waals surface area contributed by atoms with Gasteiger partial charge in [-0.3, -0.25) is 4.79 Å². The average Bonchev–Trinajstić information content (AvgIpc) is 2.94. The molecule has 1 N–H and O–H groups in total. The minimum absolute atomic E-state index is 0.0145. The van der Waals surface area contributed by atoms with Crippen LogP contribution in [-0.4, -0.2) is 25.2 Å². The van der Waals surface area contributed by atoms with E-state index in [0.29, 0.717) is 5.56 Å². The lowest BCUT2D eigenvalue weighted by Crippen LogP contribution is -2.44. The second-order valence-electron chi connectivity index (χ2n) is 10.0. The fourth-order valence-electron chi connectivity index (χ4n) is 4.87. The highest BCUT2D eigenvalue weighted by molar-refractivity contribution is 5.79. The molecular formula is C32H24F9NO3. The Hall–Kier alpha value is -4.68. The molecule has 13 heteroatoms. The van der Waals surface area contributed by atoms with Gasteiger partial charge < -0.3 is 14.8 Å². The number of carbonyl (C=O) groups is 1. The molecule has 4 aromatic rings. The van der Waals surface area contributed by atoms with Gasteiger partial charge in [-0.15, -0.1) is 26.3 Å². The Kier molecular flexibility index (Phi) is 9.69. The third kappa shape index (κ3) is 9.40. The maximum absolute atomic E-state index is 13.1. The molecule has 0 bridgehead atoms. The van der Waals surface area contributed by atoms with Crippen LogP contribution in [0, 0.1) is 0 Å². The summed E-state index contributed by atoms with van der Waals surface area (Å²) in [6.07, 6.45) is -15.0. The van der Waals surface area contributed by atoms with Crippen molar-refractivity contribution in [1.82, 2.24) is 5.32 Å².